The minimum absolute atomic E-state index is 0.170. The normalized spacial score (nSPS) is 12.5. The zero-order valence-corrected chi connectivity index (χ0v) is 14.6. The maximum atomic E-state index is 2.42. The van der Waals surface area contributed by atoms with Gasteiger partial charge in [-0.25, -0.2) is 0 Å². The van der Waals surface area contributed by atoms with Crippen molar-refractivity contribution >= 4 is 21.5 Å². The van der Waals surface area contributed by atoms with Crippen LogP contribution in [0.5, 0.6) is 0 Å². The monoisotopic (exact) mass is 290 g/mol. The van der Waals surface area contributed by atoms with Crippen LogP contribution in [0.1, 0.15) is 57.2 Å². The van der Waals surface area contributed by atoms with Gasteiger partial charge >= 0.3 is 0 Å². The molecule has 3 rings (SSSR count). The number of hydrogen-bond donors (Lipinski definition) is 0. The summed E-state index contributed by atoms with van der Waals surface area (Å²) in [6.45, 7) is 13.9. The summed E-state index contributed by atoms with van der Waals surface area (Å²) in [5.74, 6) is 0.545. The molecule has 0 unspecified atom stereocenters. The third-order valence-electron chi connectivity index (χ3n) is 4.67. The van der Waals surface area contributed by atoms with Gasteiger partial charge in [0.05, 0.1) is 0 Å². The number of rotatable bonds is 1. The fraction of sp³-hybridized carbons (Fsp3) is 0.364. The highest BCUT2D eigenvalue weighted by Gasteiger charge is 2.23. The van der Waals surface area contributed by atoms with E-state index in [1.54, 1.807) is 0 Å². The lowest BCUT2D eigenvalue weighted by Crippen LogP contribution is -2.17. The molecule has 0 aliphatic carbocycles. The Bertz CT molecular complexity index is 845. The van der Waals surface area contributed by atoms with Crippen LogP contribution in [0.15, 0.2) is 42.5 Å². The van der Waals surface area contributed by atoms with Crippen LogP contribution in [0.25, 0.3) is 21.5 Å². The van der Waals surface area contributed by atoms with Gasteiger partial charge in [-0.15, -0.1) is 0 Å². The van der Waals surface area contributed by atoms with Crippen LogP contribution in [-0.4, -0.2) is 0 Å². The molecular weight excluding hydrogens is 264 g/mol. The summed E-state index contributed by atoms with van der Waals surface area (Å²) in [5.41, 5.74) is 4.63. The molecular formula is C22H26. The fourth-order valence-electron chi connectivity index (χ4n) is 3.74. The van der Waals surface area contributed by atoms with E-state index >= 15 is 0 Å². The Morgan fingerprint density at radius 1 is 0.818 bits per heavy atom. The van der Waals surface area contributed by atoms with E-state index in [0.717, 1.165) is 0 Å². The molecule has 114 valence electrons. The molecule has 0 saturated heterocycles. The quantitative estimate of drug-likeness (QED) is 0.436. The van der Waals surface area contributed by atoms with Crippen molar-refractivity contribution < 1.29 is 0 Å². The van der Waals surface area contributed by atoms with Gasteiger partial charge in [0.1, 0.15) is 0 Å². The van der Waals surface area contributed by atoms with Gasteiger partial charge in [-0.3, -0.25) is 0 Å². The first kappa shape index (κ1) is 15.1. The lowest BCUT2D eigenvalue weighted by atomic mass is 9.76. The highest BCUT2D eigenvalue weighted by Crippen LogP contribution is 2.38. The summed E-state index contributed by atoms with van der Waals surface area (Å²) in [6.07, 6.45) is 0. The van der Waals surface area contributed by atoms with Crippen LogP contribution in [0, 0.1) is 6.92 Å². The zero-order valence-electron chi connectivity index (χ0n) is 14.6. The number of fused-ring (bicyclic) bond motifs is 2. The van der Waals surface area contributed by atoms with Crippen LogP contribution >= 0.6 is 0 Å². The van der Waals surface area contributed by atoms with E-state index in [9.17, 15) is 0 Å². The molecule has 0 saturated carbocycles. The second-order valence-electron chi connectivity index (χ2n) is 7.79. The Balaban J connectivity index is 2.46. The van der Waals surface area contributed by atoms with E-state index < -0.39 is 0 Å². The van der Waals surface area contributed by atoms with Gasteiger partial charge in [-0.2, -0.15) is 0 Å². The summed E-state index contributed by atoms with van der Waals surface area (Å²) in [4.78, 5) is 0. The summed E-state index contributed by atoms with van der Waals surface area (Å²) < 4.78 is 0. The van der Waals surface area contributed by atoms with E-state index in [2.05, 4.69) is 84.0 Å². The van der Waals surface area contributed by atoms with E-state index in [4.69, 9.17) is 0 Å². The first-order valence-electron chi connectivity index (χ1n) is 8.25. The average Bonchev–Trinajstić information content (AvgIpc) is 2.43. The molecule has 0 amide bonds. The van der Waals surface area contributed by atoms with Crippen molar-refractivity contribution in [2.24, 2.45) is 0 Å². The molecule has 0 bridgehead atoms. The van der Waals surface area contributed by atoms with E-state index in [1.165, 1.54) is 38.2 Å². The summed E-state index contributed by atoms with van der Waals surface area (Å²) >= 11 is 0. The predicted molar refractivity (Wildman–Crippen MR) is 99.0 cm³/mol. The summed E-state index contributed by atoms with van der Waals surface area (Å²) in [6, 6.07) is 15.8. The lowest BCUT2D eigenvalue weighted by molar-refractivity contribution is 0.574. The third-order valence-corrected chi connectivity index (χ3v) is 4.67. The highest BCUT2D eigenvalue weighted by molar-refractivity contribution is 6.00. The van der Waals surface area contributed by atoms with Gasteiger partial charge < -0.3 is 0 Å². The third kappa shape index (κ3) is 2.41. The van der Waals surface area contributed by atoms with Gasteiger partial charge in [0, 0.05) is 0 Å². The van der Waals surface area contributed by atoms with Crippen LogP contribution in [0.2, 0.25) is 0 Å². The van der Waals surface area contributed by atoms with E-state index in [0.29, 0.717) is 5.92 Å². The maximum absolute atomic E-state index is 2.42. The van der Waals surface area contributed by atoms with Crippen molar-refractivity contribution in [3.8, 4) is 0 Å². The SMILES string of the molecule is Cc1c(C(C)(C)C)c(C(C)C)cc2cc3ccccc3cc12. The Hall–Kier alpha value is -1.82. The fourth-order valence-corrected chi connectivity index (χ4v) is 3.74. The molecule has 0 spiro atoms. The molecule has 0 fully saturated rings. The number of benzene rings is 3. The van der Waals surface area contributed by atoms with Crippen molar-refractivity contribution in [3.63, 3.8) is 0 Å². The largest absolute Gasteiger partial charge is 0.0616 e. The molecule has 0 heteroatoms. The van der Waals surface area contributed by atoms with E-state index in [1.807, 2.05) is 0 Å². The van der Waals surface area contributed by atoms with Gasteiger partial charge in [0.2, 0.25) is 0 Å². The van der Waals surface area contributed by atoms with Gasteiger partial charge in [-0.1, -0.05) is 65.0 Å². The second kappa shape index (κ2) is 5.12. The van der Waals surface area contributed by atoms with Crippen molar-refractivity contribution in [2.45, 2.75) is 52.9 Å². The smallest absolute Gasteiger partial charge is 0.0126 e. The molecule has 0 aliphatic heterocycles. The van der Waals surface area contributed by atoms with Crippen LogP contribution in [0.3, 0.4) is 0 Å². The molecule has 3 aromatic carbocycles. The topological polar surface area (TPSA) is 0 Å². The van der Waals surface area contributed by atoms with Crippen molar-refractivity contribution in [1.82, 2.24) is 0 Å². The highest BCUT2D eigenvalue weighted by atomic mass is 14.3. The zero-order chi connectivity index (χ0) is 16.1. The minimum atomic E-state index is 0.170. The molecule has 0 aliphatic rings. The Kier molecular flexibility index (Phi) is 3.51. The Morgan fingerprint density at radius 2 is 1.41 bits per heavy atom. The van der Waals surface area contributed by atoms with Crippen LogP contribution in [-0.2, 0) is 5.41 Å². The average molecular weight is 290 g/mol. The molecule has 22 heavy (non-hydrogen) atoms. The first-order chi connectivity index (χ1) is 10.3. The van der Waals surface area contributed by atoms with Crippen molar-refractivity contribution in [2.75, 3.05) is 0 Å². The van der Waals surface area contributed by atoms with Crippen molar-refractivity contribution in [1.29, 1.82) is 0 Å². The summed E-state index contributed by atoms with van der Waals surface area (Å²) in [5, 5.41) is 5.42. The van der Waals surface area contributed by atoms with E-state index in [-0.39, 0.29) is 5.41 Å². The number of aryl methyl sites for hydroxylation is 1. The molecule has 0 heterocycles. The Labute approximate surface area is 134 Å². The van der Waals surface area contributed by atoms with Crippen molar-refractivity contribution in [3.05, 3.63) is 59.2 Å². The molecule has 0 N–H and O–H groups in total. The predicted octanol–water partition coefficient (Wildman–Crippen LogP) is 6.72. The van der Waals surface area contributed by atoms with Crippen LogP contribution < -0.4 is 0 Å². The lowest BCUT2D eigenvalue weighted by Gasteiger charge is -2.28. The second-order valence-corrected chi connectivity index (χ2v) is 7.79. The van der Waals surface area contributed by atoms with Gasteiger partial charge in [0.15, 0.2) is 0 Å². The molecule has 0 radical (unpaired) electrons. The number of hydrogen-bond acceptors (Lipinski definition) is 0. The minimum Gasteiger partial charge on any atom is -0.0616 e. The Morgan fingerprint density at radius 3 is 1.95 bits per heavy atom. The maximum Gasteiger partial charge on any atom is -0.0126 e. The van der Waals surface area contributed by atoms with Gasteiger partial charge in [-0.05, 0) is 68.6 Å². The molecule has 0 nitrogen and oxygen atoms in total. The molecule has 3 aromatic rings. The summed E-state index contributed by atoms with van der Waals surface area (Å²) in [7, 11) is 0. The molecule has 0 atom stereocenters. The molecule has 0 aromatic heterocycles. The van der Waals surface area contributed by atoms with Gasteiger partial charge in [0.25, 0.3) is 0 Å². The van der Waals surface area contributed by atoms with Crippen LogP contribution in [0.4, 0.5) is 0 Å². The standard InChI is InChI=1S/C22H26/c1-14(2)19-13-18-11-16-9-7-8-10-17(16)12-20(18)15(3)21(19)22(4,5)6/h7-14H,1-6H3. The first-order valence-corrected chi connectivity index (χ1v) is 8.25.